The molecule has 0 unspecified atom stereocenters. The van der Waals surface area contributed by atoms with Crippen LogP contribution in [0.5, 0.6) is 0 Å². The zero-order chi connectivity index (χ0) is 8.72. The fourth-order valence-corrected chi connectivity index (χ4v) is 7.01. The first-order valence-corrected chi connectivity index (χ1v) is 7.19. The molecule has 0 amide bonds. The highest BCUT2D eigenvalue weighted by Gasteiger charge is 2.29. The van der Waals surface area contributed by atoms with E-state index >= 15 is 0 Å². The molecule has 2 heterocycles. The first-order chi connectivity index (χ1) is 5.66. The maximum absolute atomic E-state index is 11.0. The van der Waals surface area contributed by atoms with Crippen LogP contribution in [0.3, 0.4) is 0 Å². The zero-order valence-corrected chi connectivity index (χ0v) is 10.2. The number of rotatable bonds is 0. The van der Waals surface area contributed by atoms with Crippen molar-refractivity contribution in [3.63, 3.8) is 0 Å². The van der Waals surface area contributed by atoms with E-state index in [1.54, 1.807) is 0 Å². The van der Waals surface area contributed by atoms with Gasteiger partial charge >= 0.3 is 0 Å². The van der Waals surface area contributed by atoms with E-state index < -0.39 is 0 Å². The maximum Gasteiger partial charge on any atom is 0.289 e. The van der Waals surface area contributed by atoms with E-state index in [1.807, 2.05) is 0 Å². The van der Waals surface area contributed by atoms with Crippen LogP contribution in [0.2, 0.25) is 0 Å². The van der Waals surface area contributed by atoms with Crippen molar-refractivity contribution in [3.05, 3.63) is 8.85 Å². The minimum atomic E-state index is -0.130. The molecule has 0 aliphatic carbocycles. The molecular weight excluding hydrogens is 275 g/mol. The predicted molar refractivity (Wildman–Crippen MR) is 59.5 cm³/mol. The average Bonchev–Trinajstić information content (AvgIpc) is 2.30. The molecule has 0 saturated carbocycles. The van der Waals surface area contributed by atoms with Gasteiger partial charge in [0, 0.05) is 0 Å². The second kappa shape index (κ2) is 3.71. The van der Waals surface area contributed by atoms with Crippen LogP contribution >= 0.6 is 69.4 Å². The van der Waals surface area contributed by atoms with Crippen molar-refractivity contribution < 1.29 is 0 Å². The summed E-state index contributed by atoms with van der Waals surface area (Å²) in [5, 5.41) is 0. The molecule has 66 valence electrons. The summed E-state index contributed by atoms with van der Waals surface area (Å²) in [6.45, 7) is 0. The van der Waals surface area contributed by atoms with Crippen molar-refractivity contribution in [2.75, 3.05) is 0 Å². The number of hydrogen-bond acceptors (Lipinski definition) is 5. The molecule has 0 bridgehead atoms. The molecular formula is C5H2Cl2OS4. The van der Waals surface area contributed by atoms with Gasteiger partial charge in [-0.15, -0.1) is 23.2 Å². The van der Waals surface area contributed by atoms with E-state index in [0.717, 1.165) is 8.42 Å². The highest BCUT2D eigenvalue weighted by molar-refractivity contribution is 8.10. The molecule has 0 N–H and O–H groups in total. The van der Waals surface area contributed by atoms with Crippen LogP contribution in [0.1, 0.15) is 0 Å². The Morgan fingerprint density at radius 1 is 1.00 bits per heavy atom. The van der Waals surface area contributed by atoms with Crippen molar-refractivity contribution in [1.29, 1.82) is 0 Å². The monoisotopic (exact) mass is 276 g/mol. The molecule has 0 radical (unpaired) electrons. The lowest BCUT2D eigenvalue weighted by Gasteiger charge is -2.19. The molecule has 12 heavy (non-hydrogen) atoms. The van der Waals surface area contributed by atoms with E-state index in [9.17, 15) is 4.79 Å². The summed E-state index contributed by atoms with van der Waals surface area (Å²) in [6, 6.07) is 0. The summed E-state index contributed by atoms with van der Waals surface area (Å²) in [7, 11) is 0. The molecule has 1 aliphatic rings. The smallest absolute Gasteiger partial charge is 0.265 e. The molecule has 1 aromatic heterocycles. The largest absolute Gasteiger partial charge is 0.289 e. The van der Waals surface area contributed by atoms with Crippen molar-refractivity contribution >= 4 is 69.4 Å². The summed E-state index contributed by atoms with van der Waals surface area (Å²) in [5.74, 6) is 0. The Labute approximate surface area is 95.5 Å². The summed E-state index contributed by atoms with van der Waals surface area (Å²) >= 11 is 17.3. The van der Waals surface area contributed by atoms with Crippen molar-refractivity contribution in [2.24, 2.45) is 0 Å². The van der Waals surface area contributed by atoms with Crippen LogP contribution in [0.15, 0.2) is 13.2 Å². The normalized spacial score (nSPS) is 28.5. The Bertz CT molecular complexity index is 315. The molecule has 0 spiro atoms. The van der Waals surface area contributed by atoms with Crippen molar-refractivity contribution in [3.8, 4) is 0 Å². The first kappa shape index (κ1) is 9.68. The number of halogens is 2. The van der Waals surface area contributed by atoms with Gasteiger partial charge in [-0.25, -0.2) is 0 Å². The van der Waals surface area contributed by atoms with Gasteiger partial charge in [-0.3, -0.25) is 4.79 Å². The first-order valence-electron chi connectivity index (χ1n) is 2.92. The Balaban J connectivity index is 2.39. The number of thioether (sulfide) groups is 2. The molecule has 2 rings (SSSR count). The molecule has 0 saturated heterocycles. The molecule has 1 aliphatic heterocycles. The Hall–Kier alpha value is 1.13. The highest BCUT2D eigenvalue weighted by atomic mass is 35.5. The second-order valence-corrected chi connectivity index (χ2v) is 8.47. The Morgan fingerprint density at radius 2 is 1.42 bits per heavy atom. The van der Waals surface area contributed by atoms with Gasteiger partial charge in [0.05, 0.1) is 8.42 Å². The summed E-state index contributed by atoms with van der Waals surface area (Å²) in [5.41, 5.74) is 0. The molecule has 2 atom stereocenters. The quantitative estimate of drug-likeness (QED) is 0.676. The second-order valence-electron chi connectivity index (χ2n) is 1.97. The summed E-state index contributed by atoms with van der Waals surface area (Å²) < 4.78 is 1.90. The molecule has 1 aromatic rings. The van der Waals surface area contributed by atoms with Crippen LogP contribution in [0.4, 0.5) is 0 Å². The van der Waals surface area contributed by atoms with Crippen LogP contribution in [0.25, 0.3) is 0 Å². The van der Waals surface area contributed by atoms with Gasteiger partial charge in [0.15, 0.2) is 0 Å². The van der Waals surface area contributed by atoms with E-state index in [4.69, 9.17) is 23.2 Å². The minimum absolute atomic E-state index is 0.120. The molecule has 7 heteroatoms. The lowest BCUT2D eigenvalue weighted by Crippen LogP contribution is -2.09. The fraction of sp³-hybridized carbons (Fsp3) is 0.400. The summed E-state index contributed by atoms with van der Waals surface area (Å²) in [6.07, 6.45) is 0. The topological polar surface area (TPSA) is 17.1 Å². The highest BCUT2D eigenvalue weighted by Crippen LogP contribution is 2.50. The van der Waals surface area contributed by atoms with Gasteiger partial charge in [-0.05, 0) is 0 Å². The van der Waals surface area contributed by atoms with Gasteiger partial charge in [-0.2, -0.15) is 0 Å². The fourth-order valence-electron chi connectivity index (χ4n) is 0.711. The van der Waals surface area contributed by atoms with Gasteiger partial charge in [0.1, 0.15) is 9.42 Å². The Kier molecular flexibility index (Phi) is 2.99. The number of alkyl halides is 2. The SMILES string of the molecule is O=c1sc2c(s1)S[C@@H](Cl)[C@H](Cl)S2. The van der Waals surface area contributed by atoms with Crippen LogP contribution < -0.4 is 4.06 Å². The molecule has 0 fully saturated rings. The number of fused-ring (bicyclic) bond motifs is 1. The van der Waals surface area contributed by atoms with Gasteiger partial charge < -0.3 is 0 Å². The van der Waals surface area contributed by atoms with Crippen LogP contribution in [0, 0.1) is 0 Å². The van der Waals surface area contributed by atoms with Crippen LogP contribution in [-0.4, -0.2) is 9.42 Å². The lowest BCUT2D eigenvalue weighted by atomic mass is 10.9. The van der Waals surface area contributed by atoms with Crippen molar-refractivity contribution in [1.82, 2.24) is 0 Å². The van der Waals surface area contributed by atoms with Gasteiger partial charge in [0.25, 0.3) is 4.06 Å². The van der Waals surface area contributed by atoms with E-state index in [2.05, 4.69) is 0 Å². The summed E-state index contributed by atoms with van der Waals surface area (Å²) in [4.78, 5) is 11.0. The standard InChI is InChI=1S/C5H2Cl2OS4/c6-1-2(7)10-4-3(9-1)11-5(8)12-4/h1-2H/t1-,2-/m1/s1. The third-order valence-electron chi connectivity index (χ3n) is 1.16. The average molecular weight is 277 g/mol. The zero-order valence-electron chi connectivity index (χ0n) is 5.45. The van der Waals surface area contributed by atoms with E-state index in [0.29, 0.717) is 0 Å². The maximum atomic E-state index is 11.0. The van der Waals surface area contributed by atoms with Crippen molar-refractivity contribution in [2.45, 2.75) is 17.8 Å². The van der Waals surface area contributed by atoms with Gasteiger partial charge in [0.2, 0.25) is 0 Å². The third kappa shape index (κ3) is 1.81. The predicted octanol–water partition coefficient (Wildman–Crippen LogP) is 3.50. The molecule has 0 aromatic carbocycles. The third-order valence-corrected chi connectivity index (χ3v) is 7.84. The minimum Gasteiger partial charge on any atom is -0.265 e. The van der Waals surface area contributed by atoms with E-state index in [1.165, 1.54) is 46.2 Å². The lowest BCUT2D eigenvalue weighted by molar-refractivity contribution is 1.27. The number of hydrogen-bond donors (Lipinski definition) is 0. The Morgan fingerprint density at radius 3 is 1.83 bits per heavy atom. The van der Waals surface area contributed by atoms with E-state index in [-0.39, 0.29) is 13.5 Å². The van der Waals surface area contributed by atoms with Gasteiger partial charge in [-0.1, -0.05) is 46.2 Å². The van der Waals surface area contributed by atoms with Crippen LogP contribution in [-0.2, 0) is 0 Å². The molecule has 1 nitrogen and oxygen atoms in total.